The number of hydrogen-bond acceptors (Lipinski definition) is 4. The van der Waals surface area contributed by atoms with E-state index in [1.165, 1.54) is 6.07 Å². The summed E-state index contributed by atoms with van der Waals surface area (Å²) in [6.45, 7) is 0. The van der Waals surface area contributed by atoms with Gasteiger partial charge in [0.15, 0.2) is 0 Å². The van der Waals surface area contributed by atoms with Crippen molar-refractivity contribution in [3.05, 3.63) is 57.8 Å². The number of hydrazine groups is 1. The molecule has 2 aromatic rings. The second kappa shape index (κ2) is 6.89. The second-order valence-corrected chi connectivity index (χ2v) is 5.20. The number of rotatable bonds is 5. The maximum atomic E-state index is 14.2. The first-order chi connectivity index (χ1) is 10.1. The van der Waals surface area contributed by atoms with Gasteiger partial charge in [-0.15, -0.1) is 0 Å². The minimum atomic E-state index is -0.578. The zero-order valence-electron chi connectivity index (χ0n) is 11.7. The first-order valence-electron chi connectivity index (χ1n) is 6.24. The van der Waals surface area contributed by atoms with Gasteiger partial charge in [0.25, 0.3) is 0 Å². The van der Waals surface area contributed by atoms with Gasteiger partial charge in [0.2, 0.25) is 0 Å². The number of methoxy groups -OCH3 is 2. The van der Waals surface area contributed by atoms with E-state index in [1.807, 2.05) is 0 Å². The van der Waals surface area contributed by atoms with Crippen LogP contribution in [-0.2, 0) is 0 Å². The molecule has 0 spiro atoms. The Balaban J connectivity index is 2.61. The summed E-state index contributed by atoms with van der Waals surface area (Å²) in [6.07, 6.45) is 0. The predicted octanol–water partition coefficient (Wildman–Crippen LogP) is 3.16. The number of halogens is 2. The highest BCUT2D eigenvalue weighted by Gasteiger charge is 2.23. The first-order valence-corrected chi connectivity index (χ1v) is 7.03. The Bertz CT molecular complexity index is 617. The molecule has 0 heterocycles. The zero-order chi connectivity index (χ0) is 15.4. The lowest BCUT2D eigenvalue weighted by Gasteiger charge is -2.21. The molecule has 6 heteroatoms. The highest BCUT2D eigenvalue weighted by Crippen LogP contribution is 2.36. The topological polar surface area (TPSA) is 56.5 Å². The van der Waals surface area contributed by atoms with E-state index < -0.39 is 6.04 Å². The molecule has 1 atom stereocenters. The van der Waals surface area contributed by atoms with Gasteiger partial charge >= 0.3 is 0 Å². The van der Waals surface area contributed by atoms with Crippen molar-refractivity contribution in [3.8, 4) is 11.5 Å². The third kappa shape index (κ3) is 3.18. The van der Waals surface area contributed by atoms with Gasteiger partial charge in [0, 0.05) is 15.6 Å². The minimum absolute atomic E-state index is 0.364. The molecule has 0 aromatic heterocycles. The van der Waals surface area contributed by atoms with Gasteiger partial charge in [-0.25, -0.2) is 9.82 Å². The summed E-state index contributed by atoms with van der Waals surface area (Å²) in [5.41, 5.74) is 3.73. The van der Waals surface area contributed by atoms with Crippen LogP contribution in [0.5, 0.6) is 11.5 Å². The highest BCUT2D eigenvalue weighted by atomic mass is 79.9. The summed E-state index contributed by atoms with van der Waals surface area (Å²) >= 11 is 3.36. The molecule has 0 saturated carbocycles. The smallest absolute Gasteiger partial charge is 0.129 e. The van der Waals surface area contributed by atoms with Gasteiger partial charge in [0.1, 0.15) is 17.3 Å². The van der Waals surface area contributed by atoms with Crippen LogP contribution >= 0.6 is 15.9 Å². The van der Waals surface area contributed by atoms with E-state index in [1.54, 1.807) is 44.6 Å². The van der Waals surface area contributed by atoms with Gasteiger partial charge < -0.3 is 9.47 Å². The van der Waals surface area contributed by atoms with Crippen molar-refractivity contribution in [1.82, 2.24) is 5.43 Å². The Morgan fingerprint density at radius 1 is 1.19 bits per heavy atom. The normalized spacial score (nSPS) is 12.0. The molecule has 0 aliphatic heterocycles. The van der Waals surface area contributed by atoms with Gasteiger partial charge in [-0.05, 0) is 30.3 Å². The molecule has 0 aliphatic rings. The molecule has 2 aromatic carbocycles. The van der Waals surface area contributed by atoms with Gasteiger partial charge in [-0.2, -0.15) is 0 Å². The Hall–Kier alpha value is -1.63. The summed E-state index contributed by atoms with van der Waals surface area (Å²) < 4.78 is 25.4. The molecule has 0 saturated heterocycles. The fourth-order valence-corrected chi connectivity index (χ4v) is 2.75. The van der Waals surface area contributed by atoms with E-state index in [4.69, 9.17) is 15.3 Å². The molecule has 3 N–H and O–H groups in total. The molecule has 1 unspecified atom stereocenters. The van der Waals surface area contributed by atoms with Crippen molar-refractivity contribution >= 4 is 15.9 Å². The molecular weight excluding hydrogens is 339 g/mol. The fraction of sp³-hybridized carbons (Fsp3) is 0.200. The van der Waals surface area contributed by atoms with E-state index in [0.29, 0.717) is 27.1 Å². The molecule has 4 nitrogen and oxygen atoms in total. The number of hydrogen-bond donors (Lipinski definition) is 2. The van der Waals surface area contributed by atoms with Gasteiger partial charge in [-0.1, -0.05) is 22.0 Å². The van der Waals surface area contributed by atoms with Crippen molar-refractivity contribution in [2.24, 2.45) is 5.84 Å². The van der Waals surface area contributed by atoms with E-state index in [2.05, 4.69) is 21.4 Å². The summed E-state index contributed by atoms with van der Waals surface area (Å²) in [5, 5.41) is 0. The van der Waals surface area contributed by atoms with Crippen LogP contribution in [0.25, 0.3) is 0 Å². The molecule has 0 radical (unpaired) electrons. The van der Waals surface area contributed by atoms with Crippen LogP contribution in [-0.4, -0.2) is 14.2 Å². The molecule has 21 heavy (non-hydrogen) atoms. The van der Waals surface area contributed by atoms with Crippen molar-refractivity contribution < 1.29 is 13.9 Å². The van der Waals surface area contributed by atoms with E-state index in [9.17, 15) is 4.39 Å². The lowest BCUT2D eigenvalue weighted by molar-refractivity contribution is 0.393. The van der Waals surface area contributed by atoms with E-state index in [0.717, 1.165) is 0 Å². The van der Waals surface area contributed by atoms with Crippen LogP contribution < -0.4 is 20.7 Å². The van der Waals surface area contributed by atoms with Crippen molar-refractivity contribution in [1.29, 1.82) is 0 Å². The zero-order valence-corrected chi connectivity index (χ0v) is 13.3. The monoisotopic (exact) mass is 354 g/mol. The van der Waals surface area contributed by atoms with Crippen LogP contribution in [0.2, 0.25) is 0 Å². The average molecular weight is 355 g/mol. The Labute approximate surface area is 131 Å². The second-order valence-electron chi connectivity index (χ2n) is 4.34. The minimum Gasteiger partial charge on any atom is -0.497 e. The molecular formula is C15H16BrFN2O2. The summed E-state index contributed by atoms with van der Waals surface area (Å²) in [6, 6.07) is 9.48. The Kier molecular flexibility index (Phi) is 5.17. The number of benzene rings is 2. The SMILES string of the molecule is COc1ccc(OC)c(C(NN)c2c(F)cccc2Br)c1. The first kappa shape index (κ1) is 15.8. The molecule has 2 rings (SSSR count). The number of ether oxygens (including phenoxy) is 2. The maximum absolute atomic E-state index is 14.2. The van der Waals surface area contributed by atoms with Crippen molar-refractivity contribution in [3.63, 3.8) is 0 Å². The van der Waals surface area contributed by atoms with Crippen molar-refractivity contribution in [2.75, 3.05) is 14.2 Å². The van der Waals surface area contributed by atoms with Crippen molar-refractivity contribution in [2.45, 2.75) is 6.04 Å². The predicted molar refractivity (Wildman–Crippen MR) is 82.8 cm³/mol. The van der Waals surface area contributed by atoms with Crippen LogP contribution in [0.4, 0.5) is 4.39 Å². The standard InChI is InChI=1S/C15H16BrFN2O2/c1-20-9-6-7-13(21-2)10(8-9)15(19-18)14-11(16)4-3-5-12(14)17/h3-8,15,19H,18H2,1-2H3. The highest BCUT2D eigenvalue weighted by molar-refractivity contribution is 9.10. The average Bonchev–Trinajstić information content (AvgIpc) is 2.50. The maximum Gasteiger partial charge on any atom is 0.129 e. The van der Waals surface area contributed by atoms with Gasteiger partial charge in [-0.3, -0.25) is 5.84 Å². The van der Waals surface area contributed by atoms with Crippen LogP contribution in [0.15, 0.2) is 40.9 Å². The number of nitrogens with two attached hydrogens (primary N) is 1. The van der Waals surface area contributed by atoms with Gasteiger partial charge in [0.05, 0.1) is 20.3 Å². The van der Waals surface area contributed by atoms with E-state index >= 15 is 0 Å². The molecule has 0 aliphatic carbocycles. The molecule has 0 amide bonds. The fourth-order valence-electron chi connectivity index (χ4n) is 2.18. The third-order valence-corrected chi connectivity index (χ3v) is 3.89. The lowest BCUT2D eigenvalue weighted by atomic mass is 9.97. The van der Waals surface area contributed by atoms with Crippen LogP contribution in [0.1, 0.15) is 17.2 Å². The Morgan fingerprint density at radius 3 is 2.52 bits per heavy atom. The molecule has 0 bridgehead atoms. The summed E-state index contributed by atoms with van der Waals surface area (Å²) in [4.78, 5) is 0. The summed E-state index contributed by atoms with van der Waals surface area (Å²) in [5.74, 6) is 6.52. The number of nitrogens with one attached hydrogen (secondary N) is 1. The van der Waals surface area contributed by atoms with Crippen LogP contribution in [0, 0.1) is 5.82 Å². The quantitative estimate of drug-likeness (QED) is 0.639. The summed E-state index contributed by atoms with van der Waals surface area (Å²) in [7, 11) is 3.12. The third-order valence-electron chi connectivity index (χ3n) is 3.20. The van der Waals surface area contributed by atoms with Crippen LogP contribution in [0.3, 0.4) is 0 Å². The lowest BCUT2D eigenvalue weighted by Crippen LogP contribution is -2.30. The molecule has 112 valence electrons. The molecule has 0 fully saturated rings. The largest absolute Gasteiger partial charge is 0.497 e. The van der Waals surface area contributed by atoms with E-state index in [-0.39, 0.29) is 5.82 Å². The Morgan fingerprint density at radius 2 is 1.95 bits per heavy atom.